The van der Waals surface area contributed by atoms with Gasteiger partial charge in [-0.25, -0.2) is 18.2 Å². The highest BCUT2D eigenvalue weighted by Gasteiger charge is 2.29. The van der Waals surface area contributed by atoms with Gasteiger partial charge < -0.3 is 9.30 Å². The summed E-state index contributed by atoms with van der Waals surface area (Å²) >= 11 is 0. The van der Waals surface area contributed by atoms with Crippen LogP contribution >= 0.6 is 0 Å². The number of rotatable bonds is 4. The second kappa shape index (κ2) is 7.21. The summed E-state index contributed by atoms with van der Waals surface area (Å²) in [5, 5.41) is 0. The monoisotopic (exact) mass is 406 g/mol. The van der Waals surface area contributed by atoms with Crippen LogP contribution in [0, 0.1) is 0 Å². The molecule has 28 heavy (non-hydrogen) atoms. The zero-order chi connectivity index (χ0) is 20.7. The van der Waals surface area contributed by atoms with Crippen LogP contribution in [0.25, 0.3) is 5.69 Å². The van der Waals surface area contributed by atoms with Crippen molar-refractivity contribution in [3.8, 4) is 5.69 Å². The molecule has 0 bridgehead atoms. The average molecular weight is 407 g/mol. The predicted octanol–water partition coefficient (Wildman–Crippen LogP) is 2.56. The number of anilines is 1. The van der Waals surface area contributed by atoms with Crippen molar-refractivity contribution in [3.05, 3.63) is 42.0 Å². The zero-order valence-corrected chi connectivity index (χ0v) is 17.7. The van der Waals surface area contributed by atoms with E-state index in [-0.39, 0.29) is 12.6 Å². The molecule has 2 aromatic rings. The summed E-state index contributed by atoms with van der Waals surface area (Å²) in [6, 6.07) is 5.80. The molecule has 0 aliphatic carbocycles. The van der Waals surface area contributed by atoms with Crippen molar-refractivity contribution < 1.29 is 17.9 Å². The summed E-state index contributed by atoms with van der Waals surface area (Å²) in [6.45, 7) is 6.28. The summed E-state index contributed by atoms with van der Waals surface area (Å²) in [4.78, 5) is 18.4. The fraction of sp³-hybridized carbons (Fsp3) is 0.474. The molecule has 152 valence electrons. The number of fused-ring (bicyclic) bond motifs is 1. The van der Waals surface area contributed by atoms with Gasteiger partial charge in [-0.3, -0.25) is 4.90 Å². The third kappa shape index (κ3) is 4.36. The second-order valence-corrected chi connectivity index (χ2v) is 10.0. The van der Waals surface area contributed by atoms with E-state index >= 15 is 0 Å². The first-order valence-electron chi connectivity index (χ1n) is 9.03. The van der Waals surface area contributed by atoms with Crippen molar-refractivity contribution in [2.45, 2.75) is 39.3 Å². The van der Waals surface area contributed by atoms with Gasteiger partial charge in [0.05, 0.1) is 18.5 Å². The molecule has 1 aliphatic heterocycles. The van der Waals surface area contributed by atoms with Gasteiger partial charge >= 0.3 is 6.09 Å². The summed E-state index contributed by atoms with van der Waals surface area (Å²) in [7, 11) is -1.77. The first-order chi connectivity index (χ1) is 13.0. The number of hydrogen-bond donors (Lipinski definition) is 0. The number of amides is 1. The number of imidazole rings is 1. The summed E-state index contributed by atoms with van der Waals surface area (Å²) < 4.78 is 32.0. The van der Waals surface area contributed by atoms with Crippen LogP contribution in [0.15, 0.2) is 30.6 Å². The highest BCUT2D eigenvalue weighted by Crippen LogP contribution is 2.31. The molecule has 9 heteroatoms. The van der Waals surface area contributed by atoms with Gasteiger partial charge in [-0.05, 0) is 51.0 Å². The molecule has 1 aromatic heterocycles. The van der Waals surface area contributed by atoms with Crippen molar-refractivity contribution in [2.24, 2.45) is 0 Å². The van der Waals surface area contributed by atoms with E-state index < -0.39 is 15.6 Å². The standard InChI is InChI=1S/C19H26N4O4S/c1-19(2,3)27-18(24)23-10-8-14-12-15(6-7-16(14)23)22-11-9-20-17(22)13-21(4)28(5,25)26/h6-7,9,11-12H,8,10,13H2,1-5H3. The highest BCUT2D eigenvalue weighted by atomic mass is 32.2. The molecule has 0 fully saturated rings. The smallest absolute Gasteiger partial charge is 0.414 e. The lowest BCUT2D eigenvalue weighted by Gasteiger charge is -2.25. The molecule has 2 heterocycles. The summed E-state index contributed by atoms with van der Waals surface area (Å²) in [5.41, 5.74) is 2.21. The second-order valence-electron chi connectivity index (χ2n) is 7.93. The van der Waals surface area contributed by atoms with Gasteiger partial charge in [-0.2, -0.15) is 4.31 Å². The maximum atomic E-state index is 12.4. The maximum Gasteiger partial charge on any atom is 0.414 e. The zero-order valence-electron chi connectivity index (χ0n) is 16.8. The lowest BCUT2D eigenvalue weighted by molar-refractivity contribution is 0.0584. The van der Waals surface area contributed by atoms with E-state index in [2.05, 4.69) is 4.98 Å². The van der Waals surface area contributed by atoms with E-state index in [0.717, 1.165) is 23.4 Å². The Labute approximate surface area is 165 Å². The Morgan fingerprint density at radius 3 is 2.68 bits per heavy atom. The number of carbonyl (C=O) groups excluding carboxylic acids is 1. The molecule has 1 aromatic carbocycles. The first-order valence-corrected chi connectivity index (χ1v) is 10.9. The number of sulfonamides is 1. The van der Waals surface area contributed by atoms with E-state index in [1.54, 1.807) is 17.3 Å². The van der Waals surface area contributed by atoms with Crippen LogP contribution in [0.3, 0.4) is 0 Å². The van der Waals surface area contributed by atoms with E-state index in [1.165, 1.54) is 17.6 Å². The Hall–Kier alpha value is -2.39. The normalized spacial score (nSPS) is 14.4. The maximum absolute atomic E-state index is 12.4. The van der Waals surface area contributed by atoms with Gasteiger partial charge in [-0.1, -0.05) is 0 Å². The van der Waals surface area contributed by atoms with Crippen molar-refractivity contribution in [2.75, 3.05) is 24.7 Å². The van der Waals surface area contributed by atoms with Gasteiger partial charge in [0, 0.05) is 31.7 Å². The Morgan fingerprint density at radius 2 is 2.04 bits per heavy atom. The van der Waals surface area contributed by atoms with Crippen LogP contribution in [0.1, 0.15) is 32.2 Å². The number of nitrogens with zero attached hydrogens (tertiary/aromatic N) is 4. The number of carbonyl (C=O) groups is 1. The number of benzene rings is 1. The molecule has 0 unspecified atom stereocenters. The van der Waals surface area contributed by atoms with E-state index in [0.29, 0.717) is 12.4 Å². The minimum absolute atomic E-state index is 0.174. The molecule has 1 amide bonds. The molecular weight excluding hydrogens is 380 g/mol. The largest absolute Gasteiger partial charge is 0.443 e. The molecule has 0 spiro atoms. The van der Waals surface area contributed by atoms with Gasteiger partial charge in [0.15, 0.2) is 0 Å². The first kappa shape index (κ1) is 20.3. The molecule has 3 rings (SSSR count). The van der Waals surface area contributed by atoms with Gasteiger partial charge in [0.2, 0.25) is 10.0 Å². The van der Waals surface area contributed by atoms with Crippen molar-refractivity contribution >= 4 is 21.8 Å². The van der Waals surface area contributed by atoms with Crippen molar-refractivity contribution in [3.63, 3.8) is 0 Å². The molecule has 8 nitrogen and oxygen atoms in total. The average Bonchev–Trinajstić information content (AvgIpc) is 3.18. The lowest BCUT2D eigenvalue weighted by Crippen LogP contribution is -2.35. The Balaban J connectivity index is 1.85. The molecule has 0 radical (unpaired) electrons. The quantitative estimate of drug-likeness (QED) is 0.779. The highest BCUT2D eigenvalue weighted by molar-refractivity contribution is 7.88. The minimum Gasteiger partial charge on any atom is -0.443 e. The SMILES string of the molecule is CN(Cc1nccn1-c1ccc2c(c1)CCN2C(=O)OC(C)(C)C)S(C)(=O)=O. The van der Waals surface area contributed by atoms with E-state index in [1.807, 2.05) is 43.5 Å². The number of hydrogen-bond acceptors (Lipinski definition) is 5. The van der Waals surface area contributed by atoms with Crippen LogP contribution in [0.2, 0.25) is 0 Å². The number of aromatic nitrogens is 2. The van der Waals surface area contributed by atoms with Gasteiger partial charge in [0.25, 0.3) is 0 Å². The molecule has 0 saturated carbocycles. The molecule has 1 aliphatic rings. The third-order valence-electron chi connectivity index (χ3n) is 4.50. The van der Waals surface area contributed by atoms with Crippen LogP contribution in [0.5, 0.6) is 0 Å². The fourth-order valence-corrected chi connectivity index (χ4v) is 3.40. The minimum atomic E-state index is -3.30. The van der Waals surface area contributed by atoms with Crippen LogP contribution in [0.4, 0.5) is 10.5 Å². The van der Waals surface area contributed by atoms with Crippen LogP contribution in [-0.2, 0) is 27.7 Å². The third-order valence-corrected chi connectivity index (χ3v) is 5.76. The molecular formula is C19H26N4O4S. The molecule has 0 atom stereocenters. The molecule has 0 saturated heterocycles. The Morgan fingerprint density at radius 1 is 1.32 bits per heavy atom. The Bertz CT molecular complexity index is 992. The number of ether oxygens (including phenoxy) is 1. The van der Waals surface area contributed by atoms with E-state index in [9.17, 15) is 13.2 Å². The fourth-order valence-electron chi connectivity index (χ4n) is 3.05. The van der Waals surface area contributed by atoms with Crippen molar-refractivity contribution in [1.82, 2.24) is 13.9 Å². The van der Waals surface area contributed by atoms with Crippen molar-refractivity contribution in [1.29, 1.82) is 0 Å². The summed E-state index contributed by atoms with van der Waals surface area (Å²) in [6.07, 6.45) is 4.99. The van der Waals surface area contributed by atoms with Crippen LogP contribution < -0.4 is 4.90 Å². The predicted molar refractivity (Wildman–Crippen MR) is 107 cm³/mol. The molecule has 0 N–H and O–H groups in total. The Kier molecular flexibility index (Phi) is 5.24. The van der Waals surface area contributed by atoms with Crippen LogP contribution in [-0.4, -0.2) is 53.8 Å². The summed E-state index contributed by atoms with van der Waals surface area (Å²) in [5.74, 6) is 0.620. The van der Waals surface area contributed by atoms with Gasteiger partial charge in [0.1, 0.15) is 11.4 Å². The topological polar surface area (TPSA) is 84.7 Å². The van der Waals surface area contributed by atoms with E-state index in [4.69, 9.17) is 4.74 Å². The lowest BCUT2D eigenvalue weighted by atomic mass is 10.1. The van der Waals surface area contributed by atoms with Gasteiger partial charge in [-0.15, -0.1) is 0 Å².